The molecule has 116 valence electrons. The van der Waals surface area contributed by atoms with Crippen LogP contribution in [0.4, 0.5) is 0 Å². The number of Topliss-reactive ketones (excluding diaryl/α,β-unsaturated/α-hetero) is 2. The molecular formula is C16H23NO4. The summed E-state index contributed by atoms with van der Waals surface area (Å²) >= 11 is 0. The Balaban J connectivity index is 2.75. The normalized spacial score (nSPS) is 19.2. The first-order valence-corrected chi connectivity index (χ1v) is 7.31. The summed E-state index contributed by atoms with van der Waals surface area (Å²) in [6.07, 6.45) is 7.04. The Morgan fingerprint density at radius 1 is 1.29 bits per heavy atom. The fourth-order valence-electron chi connectivity index (χ4n) is 2.52. The van der Waals surface area contributed by atoms with E-state index >= 15 is 0 Å². The summed E-state index contributed by atoms with van der Waals surface area (Å²) in [5, 5.41) is 8.80. The molecule has 21 heavy (non-hydrogen) atoms. The number of aliphatic carboxylic acids is 1. The van der Waals surface area contributed by atoms with Crippen molar-refractivity contribution < 1.29 is 19.5 Å². The van der Waals surface area contributed by atoms with Gasteiger partial charge < -0.3 is 10.8 Å². The molecule has 2 unspecified atom stereocenters. The highest BCUT2D eigenvalue weighted by atomic mass is 16.4. The number of carboxylic acids is 1. The van der Waals surface area contributed by atoms with E-state index in [0.717, 1.165) is 5.57 Å². The van der Waals surface area contributed by atoms with Crippen molar-refractivity contribution >= 4 is 17.5 Å². The average molecular weight is 293 g/mol. The lowest BCUT2D eigenvalue weighted by molar-refractivity contribution is -0.138. The summed E-state index contributed by atoms with van der Waals surface area (Å²) in [6.45, 7) is 3.52. The van der Waals surface area contributed by atoms with Crippen LogP contribution in [0.5, 0.6) is 0 Å². The molecule has 2 atom stereocenters. The van der Waals surface area contributed by atoms with E-state index in [1.54, 1.807) is 19.9 Å². The van der Waals surface area contributed by atoms with Crippen LogP contribution in [0.3, 0.4) is 0 Å². The molecule has 0 radical (unpaired) electrons. The van der Waals surface area contributed by atoms with Gasteiger partial charge in [0.05, 0.1) is 5.92 Å². The third-order valence-corrected chi connectivity index (χ3v) is 3.80. The van der Waals surface area contributed by atoms with E-state index in [2.05, 4.69) is 0 Å². The van der Waals surface area contributed by atoms with Crippen molar-refractivity contribution in [3.8, 4) is 0 Å². The molecule has 0 aromatic carbocycles. The van der Waals surface area contributed by atoms with Crippen LogP contribution >= 0.6 is 0 Å². The van der Waals surface area contributed by atoms with Gasteiger partial charge in [0.2, 0.25) is 0 Å². The van der Waals surface area contributed by atoms with E-state index in [4.69, 9.17) is 10.8 Å². The molecular weight excluding hydrogens is 270 g/mol. The number of carbonyl (C=O) groups excluding carboxylic acids is 2. The van der Waals surface area contributed by atoms with Gasteiger partial charge in [0.1, 0.15) is 17.6 Å². The van der Waals surface area contributed by atoms with Crippen LogP contribution < -0.4 is 5.73 Å². The maximum absolute atomic E-state index is 12.0. The summed E-state index contributed by atoms with van der Waals surface area (Å²) in [7, 11) is 0. The minimum atomic E-state index is -1.04. The molecule has 0 aliphatic heterocycles. The predicted molar refractivity (Wildman–Crippen MR) is 79.6 cm³/mol. The molecule has 0 heterocycles. The van der Waals surface area contributed by atoms with Crippen LogP contribution in [-0.4, -0.2) is 28.7 Å². The van der Waals surface area contributed by atoms with Crippen molar-refractivity contribution in [2.45, 2.75) is 45.6 Å². The lowest BCUT2D eigenvalue weighted by Gasteiger charge is -2.24. The van der Waals surface area contributed by atoms with Crippen LogP contribution in [-0.2, 0) is 14.4 Å². The largest absolute Gasteiger partial charge is 0.480 e. The van der Waals surface area contributed by atoms with Gasteiger partial charge >= 0.3 is 5.97 Å². The second kappa shape index (κ2) is 7.88. The first kappa shape index (κ1) is 17.3. The fourth-order valence-corrected chi connectivity index (χ4v) is 2.52. The van der Waals surface area contributed by atoms with Gasteiger partial charge in [-0.1, -0.05) is 37.6 Å². The number of allylic oxidation sites excluding steroid dienone is 3. The highest BCUT2D eigenvalue weighted by Gasteiger charge is 2.31. The molecule has 0 saturated heterocycles. The number of hydrogen-bond donors (Lipinski definition) is 2. The number of hydrogen-bond acceptors (Lipinski definition) is 4. The summed E-state index contributed by atoms with van der Waals surface area (Å²) in [4.78, 5) is 34.7. The van der Waals surface area contributed by atoms with Crippen LogP contribution in [0, 0.1) is 11.8 Å². The van der Waals surface area contributed by atoms with Gasteiger partial charge in [0, 0.05) is 12.8 Å². The minimum absolute atomic E-state index is 0.0319. The van der Waals surface area contributed by atoms with Crippen LogP contribution in [0.1, 0.15) is 39.5 Å². The molecule has 0 aromatic rings. The summed E-state index contributed by atoms with van der Waals surface area (Å²) in [5.41, 5.74) is 6.34. The molecule has 1 aliphatic carbocycles. The molecule has 0 amide bonds. The van der Waals surface area contributed by atoms with Crippen molar-refractivity contribution in [3.63, 3.8) is 0 Å². The molecule has 0 spiro atoms. The Kier molecular flexibility index (Phi) is 6.49. The number of carbonyl (C=O) groups is 3. The van der Waals surface area contributed by atoms with Gasteiger partial charge in [-0.3, -0.25) is 14.4 Å². The Morgan fingerprint density at radius 2 is 1.86 bits per heavy atom. The Labute approximate surface area is 124 Å². The molecule has 1 rings (SSSR count). The Morgan fingerprint density at radius 3 is 2.24 bits per heavy atom. The van der Waals surface area contributed by atoms with E-state index < -0.39 is 17.9 Å². The third-order valence-electron chi connectivity index (χ3n) is 3.80. The number of carboxylic acid groups (broad SMARTS) is 1. The highest BCUT2D eigenvalue weighted by molar-refractivity contribution is 6.02. The third kappa shape index (κ3) is 4.63. The zero-order valence-corrected chi connectivity index (χ0v) is 12.5. The molecule has 3 N–H and O–H groups in total. The van der Waals surface area contributed by atoms with E-state index in [0.29, 0.717) is 19.3 Å². The topological polar surface area (TPSA) is 97.5 Å². The van der Waals surface area contributed by atoms with Crippen molar-refractivity contribution in [3.05, 3.63) is 23.8 Å². The summed E-state index contributed by atoms with van der Waals surface area (Å²) in [6, 6.07) is -0.928. The molecule has 0 saturated carbocycles. The smallest absolute Gasteiger partial charge is 0.320 e. The van der Waals surface area contributed by atoms with Crippen molar-refractivity contribution in [2.24, 2.45) is 17.6 Å². The van der Waals surface area contributed by atoms with Gasteiger partial charge in [0.15, 0.2) is 0 Å². The maximum atomic E-state index is 12.0. The van der Waals surface area contributed by atoms with Crippen LogP contribution in [0.15, 0.2) is 23.8 Å². The number of nitrogens with two attached hydrogens (primary N) is 1. The van der Waals surface area contributed by atoms with Crippen molar-refractivity contribution in [1.82, 2.24) is 0 Å². The first-order valence-electron chi connectivity index (χ1n) is 7.31. The molecule has 1 aliphatic rings. The van der Waals surface area contributed by atoms with Gasteiger partial charge in [0.25, 0.3) is 0 Å². The van der Waals surface area contributed by atoms with Crippen molar-refractivity contribution in [2.75, 3.05) is 0 Å². The Bertz CT molecular complexity index is 463. The van der Waals surface area contributed by atoms with Crippen LogP contribution in [0.2, 0.25) is 0 Å². The molecule has 5 nitrogen and oxygen atoms in total. The monoisotopic (exact) mass is 293 g/mol. The average Bonchev–Trinajstić information content (AvgIpc) is 2.48. The van der Waals surface area contributed by atoms with E-state index in [-0.39, 0.29) is 23.9 Å². The van der Waals surface area contributed by atoms with Gasteiger partial charge in [-0.25, -0.2) is 0 Å². The number of ketones is 2. The SMILES string of the molecule is CCC(=O)C(C(=O)CC)C1C=CC(CC(N)C(=O)O)=CC1. The summed E-state index contributed by atoms with van der Waals surface area (Å²) in [5.74, 6) is -1.81. The van der Waals surface area contributed by atoms with E-state index in [9.17, 15) is 14.4 Å². The quantitative estimate of drug-likeness (QED) is 0.666. The predicted octanol–water partition coefficient (Wildman–Crippen LogP) is 1.87. The lowest BCUT2D eigenvalue weighted by Crippen LogP contribution is -2.32. The standard InChI is InChI=1S/C16H23NO4/c1-3-13(18)15(14(19)4-2)11-7-5-10(6-8-11)9-12(17)16(20)21/h5-7,11-12,15H,3-4,8-9,17H2,1-2H3,(H,20,21). The van der Waals surface area contributed by atoms with Crippen LogP contribution in [0.25, 0.3) is 0 Å². The molecule has 5 heteroatoms. The van der Waals surface area contributed by atoms with Crippen molar-refractivity contribution in [1.29, 1.82) is 0 Å². The molecule has 0 fully saturated rings. The minimum Gasteiger partial charge on any atom is -0.480 e. The maximum Gasteiger partial charge on any atom is 0.320 e. The first-order chi connectivity index (χ1) is 9.90. The zero-order valence-electron chi connectivity index (χ0n) is 12.5. The lowest BCUT2D eigenvalue weighted by atomic mass is 9.78. The number of rotatable bonds is 8. The van der Waals surface area contributed by atoms with E-state index in [1.165, 1.54) is 0 Å². The van der Waals surface area contributed by atoms with Gasteiger partial charge in [-0.15, -0.1) is 0 Å². The molecule has 0 bridgehead atoms. The molecule has 0 aromatic heterocycles. The van der Waals surface area contributed by atoms with Gasteiger partial charge in [-0.2, -0.15) is 0 Å². The van der Waals surface area contributed by atoms with Gasteiger partial charge in [-0.05, 0) is 18.8 Å². The second-order valence-electron chi connectivity index (χ2n) is 5.30. The second-order valence-corrected chi connectivity index (χ2v) is 5.30. The van der Waals surface area contributed by atoms with E-state index in [1.807, 2.05) is 12.2 Å². The summed E-state index contributed by atoms with van der Waals surface area (Å²) < 4.78 is 0. The fraction of sp³-hybridized carbons (Fsp3) is 0.562. The Hall–Kier alpha value is -1.75. The highest BCUT2D eigenvalue weighted by Crippen LogP contribution is 2.28. The zero-order chi connectivity index (χ0) is 16.0.